The molecule has 0 saturated carbocycles. The van der Waals surface area contributed by atoms with Gasteiger partial charge in [-0.2, -0.15) is 15.0 Å². The van der Waals surface area contributed by atoms with Gasteiger partial charge in [0.05, 0.1) is 11.9 Å². The Hall–Kier alpha value is -1.19. The van der Waals surface area contributed by atoms with Gasteiger partial charge in [0.1, 0.15) is 5.78 Å². The normalized spacial score (nSPS) is 10.0. The number of Topliss-reactive ketones (excluding diaryl/α,β-unsaturated/α-hetero) is 1. The molecule has 0 aliphatic rings. The van der Waals surface area contributed by atoms with Crippen LogP contribution in [-0.2, 0) is 18.3 Å². The minimum absolute atomic E-state index is 0.190. The molecule has 0 amide bonds. The lowest BCUT2D eigenvalue weighted by Gasteiger charge is -1.89. The van der Waals surface area contributed by atoms with Crippen LogP contribution < -0.4 is 0 Å². The highest BCUT2D eigenvalue weighted by Crippen LogP contribution is 1.96. The highest BCUT2D eigenvalue weighted by atomic mass is 16.1. The molecule has 1 aromatic rings. The maximum Gasteiger partial charge on any atom is 0.130 e. The average Bonchev–Trinajstić information content (AvgIpc) is 2.31. The minimum atomic E-state index is 0.190. The Kier molecular flexibility index (Phi) is 2.36. The second-order valence-corrected chi connectivity index (χ2v) is 2.53. The Morgan fingerprint density at radius 1 is 1.73 bits per heavy atom. The predicted molar refractivity (Wildman–Crippen MR) is 40.0 cm³/mol. The summed E-state index contributed by atoms with van der Waals surface area (Å²) in [5.41, 5.74) is 0.878. The Morgan fingerprint density at radius 3 is 2.91 bits per heavy atom. The third-order valence-corrected chi connectivity index (χ3v) is 1.38. The van der Waals surface area contributed by atoms with E-state index in [1.165, 1.54) is 4.80 Å². The zero-order chi connectivity index (χ0) is 8.27. The van der Waals surface area contributed by atoms with E-state index in [0.29, 0.717) is 12.8 Å². The van der Waals surface area contributed by atoms with E-state index in [-0.39, 0.29) is 5.78 Å². The zero-order valence-corrected chi connectivity index (χ0v) is 6.74. The Bertz CT molecular complexity index is 254. The van der Waals surface area contributed by atoms with Gasteiger partial charge < -0.3 is 4.79 Å². The molecule has 0 saturated heterocycles. The summed E-state index contributed by atoms with van der Waals surface area (Å²) in [5.74, 6) is 0.190. The topological polar surface area (TPSA) is 47.8 Å². The summed E-state index contributed by atoms with van der Waals surface area (Å²) < 4.78 is 0. The van der Waals surface area contributed by atoms with Gasteiger partial charge in [0.2, 0.25) is 0 Å². The van der Waals surface area contributed by atoms with Gasteiger partial charge in [-0.1, -0.05) is 0 Å². The molecule has 0 atom stereocenters. The van der Waals surface area contributed by atoms with E-state index < -0.39 is 0 Å². The maximum atomic E-state index is 10.6. The number of aryl methyl sites for hydroxylation is 2. The first-order chi connectivity index (χ1) is 5.18. The summed E-state index contributed by atoms with van der Waals surface area (Å²) in [6.07, 6.45) is 2.94. The van der Waals surface area contributed by atoms with Crippen LogP contribution in [-0.4, -0.2) is 20.8 Å². The van der Waals surface area contributed by atoms with Crippen molar-refractivity contribution in [3.8, 4) is 0 Å². The van der Waals surface area contributed by atoms with Crippen molar-refractivity contribution >= 4 is 5.78 Å². The number of nitrogens with zero attached hydrogens (tertiary/aromatic N) is 3. The molecule has 0 N–H and O–H groups in total. The van der Waals surface area contributed by atoms with Crippen molar-refractivity contribution in [3.63, 3.8) is 0 Å². The molecule has 11 heavy (non-hydrogen) atoms. The molecule has 0 spiro atoms. The number of carbonyl (C=O) groups excluding carboxylic acids is 1. The first-order valence-corrected chi connectivity index (χ1v) is 3.53. The second-order valence-electron chi connectivity index (χ2n) is 2.53. The molecule has 4 nitrogen and oxygen atoms in total. The van der Waals surface area contributed by atoms with Crippen molar-refractivity contribution in [2.24, 2.45) is 7.05 Å². The predicted octanol–water partition coefficient (Wildman–Crippen LogP) is 0.337. The molecule has 60 valence electrons. The maximum absolute atomic E-state index is 10.6. The number of hydrogen-bond donors (Lipinski definition) is 0. The van der Waals surface area contributed by atoms with Crippen molar-refractivity contribution in [3.05, 3.63) is 11.9 Å². The van der Waals surface area contributed by atoms with E-state index in [9.17, 15) is 4.79 Å². The smallest absolute Gasteiger partial charge is 0.130 e. The van der Waals surface area contributed by atoms with Crippen molar-refractivity contribution in [1.82, 2.24) is 15.0 Å². The zero-order valence-electron chi connectivity index (χ0n) is 6.74. The number of ketones is 1. The number of aromatic nitrogens is 3. The summed E-state index contributed by atoms with van der Waals surface area (Å²) in [5, 5.41) is 7.92. The first-order valence-electron chi connectivity index (χ1n) is 3.53. The van der Waals surface area contributed by atoms with Crippen LogP contribution in [0, 0.1) is 0 Å². The Balaban J connectivity index is 2.45. The summed E-state index contributed by atoms with van der Waals surface area (Å²) in [6, 6.07) is 0. The SMILES string of the molecule is CC(=O)CCc1cnn(C)n1. The third-order valence-electron chi connectivity index (χ3n) is 1.38. The fourth-order valence-corrected chi connectivity index (χ4v) is 0.806. The summed E-state index contributed by atoms with van der Waals surface area (Å²) in [7, 11) is 1.76. The van der Waals surface area contributed by atoms with Crippen molar-refractivity contribution in [1.29, 1.82) is 0 Å². The van der Waals surface area contributed by atoms with Crippen LogP contribution in [0.2, 0.25) is 0 Å². The molecule has 0 fully saturated rings. The molecule has 1 heterocycles. The van der Waals surface area contributed by atoms with E-state index in [0.717, 1.165) is 5.69 Å². The van der Waals surface area contributed by atoms with Crippen LogP contribution in [0.5, 0.6) is 0 Å². The fourth-order valence-electron chi connectivity index (χ4n) is 0.806. The van der Waals surface area contributed by atoms with Gasteiger partial charge in [-0.3, -0.25) is 0 Å². The molecular weight excluding hydrogens is 142 g/mol. The average molecular weight is 153 g/mol. The van der Waals surface area contributed by atoms with Gasteiger partial charge >= 0.3 is 0 Å². The van der Waals surface area contributed by atoms with Crippen molar-refractivity contribution in [2.75, 3.05) is 0 Å². The van der Waals surface area contributed by atoms with Crippen LogP contribution in [0.3, 0.4) is 0 Å². The monoisotopic (exact) mass is 153 g/mol. The lowest BCUT2D eigenvalue weighted by Crippen LogP contribution is -1.96. The molecule has 4 heteroatoms. The summed E-state index contributed by atoms with van der Waals surface area (Å²) in [4.78, 5) is 12.1. The van der Waals surface area contributed by atoms with E-state index in [1.807, 2.05) is 0 Å². The molecule has 0 aromatic carbocycles. The van der Waals surface area contributed by atoms with Gasteiger partial charge in [0, 0.05) is 13.5 Å². The van der Waals surface area contributed by atoms with E-state index in [1.54, 1.807) is 20.2 Å². The van der Waals surface area contributed by atoms with Crippen molar-refractivity contribution in [2.45, 2.75) is 19.8 Å². The molecule has 1 aromatic heterocycles. The molecule has 0 aliphatic heterocycles. The molecule has 1 rings (SSSR count). The van der Waals surface area contributed by atoms with Gasteiger partial charge in [-0.25, -0.2) is 0 Å². The summed E-state index contributed by atoms with van der Waals surface area (Å²) >= 11 is 0. The molecule has 0 aliphatic carbocycles. The number of carbonyl (C=O) groups is 1. The number of hydrogen-bond acceptors (Lipinski definition) is 3. The van der Waals surface area contributed by atoms with Gasteiger partial charge in [0.15, 0.2) is 0 Å². The van der Waals surface area contributed by atoms with Crippen molar-refractivity contribution < 1.29 is 4.79 Å². The van der Waals surface area contributed by atoms with E-state index >= 15 is 0 Å². The molecule has 0 bridgehead atoms. The Labute approximate surface area is 65.2 Å². The standard InChI is InChI=1S/C7H11N3O/c1-6(11)3-4-7-5-8-10(2)9-7/h5H,3-4H2,1-2H3. The highest BCUT2D eigenvalue weighted by Gasteiger charge is 1.99. The minimum Gasteiger partial charge on any atom is -0.300 e. The lowest BCUT2D eigenvalue weighted by molar-refractivity contribution is -0.116. The third kappa shape index (κ3) is 2.49. The molecule has 0 radical (unpaired) electrons. The second kappa shape index (κ2) is 3.27. The van der Waals surface area contributed by atoms with Gasteiger partial charge in [-0.15, -0.1) is 0 Å². The molecule has 0 unspecified atom stereocenters. The lowest BCUT2D eigenvalue weighted by atomic mass is 10.2. The first kappa shape index (κ1) is 7.91. The van der Waals surface area contributed by atoms with Gasteiger partial charge in [-0.05, 0) is 13.3 Å². The van der Waals surface area contributed by atoms with Crippen LogP contribution in [0.4, 0.5) is 0 Å². The quantitative estimate of drug-likeness (QED) is 0.629. The Morgan fingerprint density at radius 2 is 2.45 bits per heavy atom. The number of rotatable bonds is 3. The van der Waals surface area contributed by atoms with E-state index in [4.69, 9.17) is 0 Å². The van der Waals surface area contributed by atoms with Crippen LogP contribution in [0.1, 0.15) is 19.0 Å². The summed E-state index contributed by atoms with van der Waals surface area (Å²) in [6.45, 7) is 1.58. The largest absolute Gasteiger partial charge is 0.300 e. The van der Waals surface area contributed by atoms with E-state index in [2.05, 4.69) is 10.2 Å². The van der Waals surface area contributed by atoms with Crippen LogP contribution >= 0.6 is 0 Å². The van der Waals surface area contributed by atoms with Crippen LogP contribution in [0.25, 0.3) is 0 Å². The fraction of sp³-hybridized carbons (Fsp3) is 0.571. The van der Waals surface area contributed by atoms with Crippen LogP contribution in [0.15, 0.2) is 6.20 Å². The van der Waals surface area contributed by atoms with Gasteiger partial charge in [0.25, 0.3) is 0 Å². The molecular formula is C7H11N3O. The highest BCUT2D eigenvalue weighted by molar-refractivity contribution is 5.75.